The zero-order valence-corrected chi connectivity index (χ0v) is 11.6. The number of para-hydroxylation sites is 1. The smallest absolute Gasteiger partial charge is 0.264 e. The molecule has 1 aromatic carbocycles. The van der Waals surface area contributed by atoms with Crippen LogP contribution < -0.4 is 10.5 Å². The number of ether oxygens (including phenoxy) is 1. The Morgan fingerprint density at radius 3 is 2.85 bits per heavy atom. The quantitative estimate of drug-likeness (QED) is 0.906. The number of hydrogen-bond donors (Lipinski definition) is 1. The van der Waals surface area contributed by atoms with Gasteiger partial charge in [0.15, 0.2) is 12.4 Å². The van der Waals surface area contributed by atoms with Crippen LogP contribution in [0.5, 0.6) is 5.75 Å². The maximum absolute atomic E-state index is 6.16. The van der Waals surface area contributed by atoms with Gasteiger partial charge in [-0.2, -0.15) is 4.98 Å². The lowest BCUT2D eigenvalue weighted by molar-refractivity contribution is 0.222. The molecule has 1 aliphatic rings. The molecular weight excluding hydrogens is 254 g/mol. The Balaban J connectivity index is 1.67. The van der Waals surface area contributed by atoms with Crippen molar-refractivity contribution in [3.8, 4) is 5.75 Å². The average Bonchev–Trinajstić information content (AvgIpc) is 2.92. The standard InChI is InChI=1S/C15H19N3O2/c1-2-11-6-3-4-7-12(11)19-10-13-17-14(18-20-13)15(16)8-5-9-15/h3-4,6-7H,2,5,8-10,16H2,1H3. The lowest BCUT2D eigenvalue weighted by Crippen LogP contribution is -2.44. The second-order valence-corrected chi connectivity index (χ2v) is 5.27. The molecule has 1 aromatic heterocycles. The van der Waals surface area contributed by atoms with E-state index in [9.17, 15) is 0 Å². The van der Waals surface area contributed by atoms with Crippen LogP contribution in [0.4, 0.5) is 0 Å². The van der Waals surface area contributed by atoms with Gasteiger partial charge in [0, 0.05) is 0 Å². The van der Waals surface area contributed by atoms with E-state index >= 15 is 0 Å². The van der Waals surface area contributed by atoms with E-state index in [1.54, 1.807) is 0 Å². The molecule has 20 heavy (non-hydrogen) atoms. The van der Waals surface area contributed by atoms with Crippen molar-refractivity contribution in [1.29, 1.82) is 0 Å². The summed E-state index contributed by atoms with van der Waals surface area (Å²) in [6.45, 7) is 2.38. The summed E-state index contributed by atoms with van der Waals surface area (Å²) in [5, 5.41) is 3.97. The Morgan fingerprint density at radius 2 is 2.15 bits per heavy atom. The van der Waals surface area contributed by atoms with Gasteiger partial charge in [-0.1, -0.05) is 30.3 Å². The molecule has 0 bridgehead atoms. The molecule has 1 aliphatic carbocycles. The summed E-state index contributed by atoms with van der Waals surface area (Å²) >= 11 is 0. The van der Waals surface area contributed by atoms with Gasteiger partial charge < -0.3 is 15.0 Å². The lowest BCUT2D eigenvalue weighted by atomic mass is 9.77. The first kappa shape index (κ1) is 13.1. The summed E-state index contributed by atoms with van der Waals surface area (Å²) in [7, 11) is 0. The summed E-state index contributed by atoms with van der Waals surface area (Å²) < 4.78 is 11.0. The van der Waals surface area contributed by atoms with Crippen LogP contribution in [0.25, 0.3) is 0 Å². The van der Waals surface area contributed by atoms with E-state index in [0.717, 1.165) is 31.4 Å². The van der Waals surface area contributed by atoms with E-state index < -0.39 is 0 Å². The Labute approximate surface area is 118 Å². The fraction of sp³-hybridized carbons (Fsp3) is 0.467. The van der Waals surface area contributed by atoms with Crippen molar-refractivity contribution < 1.29 is 9.26 Å². The zero-order valence-electron chi connectivity index (χ0n) is 11.6. The third-order valence-electron chi connectivity index (χ3n) is 3.86. The average molecular weight is 273 g/mol. The SMILES string of the molecule is CCc1ccccc1OCc1nc(C2(N)CCC2)no1. The summed E-state index contributed by atoms with van der Waals surface area (Å²) in [6.07, 6.45) is 3.90. The predicted molar refractivity (Wildman–Crippen MR) is 74.2 cm³/mol. The maximum atomic E-state index is 6.16. The molecular formula is C15H19N3O2. The monoisotopic (exact) mass is 273 g/mol. The highest BCUT2D eigenvalue weighted by atomic mass is 16.5. The number of nitrogens with zero attached hydrogens (tertiary/aromatic N) is 2. The van der Waals surface area contributed by atoms with Crippen molar-refractivity contribution in [2.75, 3.05) is 0 Å². The molecule has 2 aromatic rings. The summed E-state index contributed by atoms with van der Waals surface area (Å²) in [5.74, 6) is 1.94. The van der Waals surface area contributed by atoms with E-state index in [0.29, 0.717) is 11.7 Å². The normalized spacial score (nSPS) is 16.7. The number of benzene rings is 1. The van der Waals surface area contributed by atoms with E-state index in [2.05, 4.69) is 23.1 Å². The molecule has 5 heteroatoms. The predicted octanol–water partition coefficient (Wildman–Crippen LogP) is 2.55. The van der Waals surface area contributed by atoms with Crippen molar-refractivity contribution in [2.45, 2.75) is 44.8 Å². The highest BCUT2D eigenvalue weighted by Gasteiger charge is 2.38. The maximum Gasteiger partial charge on any atom is 0.264 e. The van der Waals surface area contributed by atoms with Crippen molar-refractivity contribution in [3.63, 3.8) is 0 Å². The Kier molecular flexibility index (Phi) is 3.44. The molecule has 1 saturated carbocycles. The van der Waals surface area contributed by atoms with Crippen LogP contribution >= 0.6 is 0 Å². The van der Waals surface area contributed by atoms with Crippen LogP contribution in [0.3, 0.4) is 0 Å². The third kappa shape index (κ3) is 2.41. The number of aromatic nitrogens is 2. The summed E-state index contributed by atoms with van der Waals surface area (Å²) in [5.41, 5.74) is 6.95. The Hall–Kier alpha value is -1.88. The molecule has 106 valence electrons. The van der Waals surface area contributed by atoms with Gasteiger partial charge in [0.1, 0.15) is 5.75 Å². The van der Waals surface area contributed by atoms with Crippen LogP contribution in [-0.4, -0.2) is 10.1 Å². The molecule has 0 spiro atoms. The largest absolute Gasteiger partial charge is 0.483 e. The molecule has 1 heterocycles. The van der Waals surface area contributed by atoms with Crippen molar-refractivity contribution in [2.24, 2.45) is 5.73 Å². The Morgan fingerprint density at radius 1 is 1.35 bits per heavy atom. The molecule has 0 saturated heterocycles. The van der Waals surface area contributed by atoms with Crippen LogP contribution in [0.2, 0.25) is 0 Å². The summed E-state index contributed by atoms with van der Waals surface area (Å²) in [4.78, 5) is 4.35. The molecule has 0 aliphatic heterocycles. The van der Waals surface area contributed by atoms with Crippen LogP contribution in [0, 0.1) is 0 Å². The molecule has 0 atom stereocenters. The second-order valence-electron chi connectivity index (χ2n) is 5.27. The first-order chi connectivity index (χ1) is 9.71. The van der Waals surface area contributed by atoms with Crippen molar-refractivity contribution in [3.05, 3.63) is 41.5 Å². The van der Waals surface area contributed by atoms with Gasteiger partial charge in [-0.15, -0.1) is 0 Å². The fourth-order valence-electron chi connectivity index (χ4n) is 2.37. The molecule has 5 nitrogen and oxygen atoms in total. The minimum atomic E-state index is -0.386. The van der Waals surface area contributed by atoms with Gasteiger partial charge in [-0.25, -0.2) is 0 Å². The second kappa shape index (κ2) is 5.25. The van der Waals surface area contributed by atoms with Gasteiger partial charge >= 0.3 is 0 Å². The molecule has 0 unspecified atom stereocenters. The van der Waals surface area contributed by atoms with E-state index in [-0.39, 0.29) is 12.1 Å². The van der Waals surface area contributed by atoms with E-state index in [4.69, 9.17) is 15.0 Å². The van der Waals surface area contributed by atoms with E-state index in [1.165, 1.54) is 5.56 Å². The minimum absolute atomic E-state index is 0.278. The van der Waals surface area contributed by atoms with Gasteiger partial charge in [0.25, 0.3) is 5.89 Å². The number of nitrogens with two attached hydrogens (primary N) is 1. The van der Waals surface area contributed by atoms with E-state index in [1.807, 2.05) is 18.2 Å². The first-order valence-electron chi connectivity index (χ1n) is 7.04. The number of hydrogen-bond acceptors (Lipinski definition) is 5. The van der Waals surface area contributed by atoms with Crippen LogP contribution in [0.1, 0.15) is 43.5 Å². The zero-order chi connectivity index (χ0) is 14.0. The fourth-order valence-corrected chi connectivity index (χ4v) is 2.37. The topological polar surface area (TPSA) is 74.2 Å². The molecule has 2 N–H and O–H groups in total. The highest BCUT2D eigenvalue weighted by molar-refractivity contribution is 5.33. The van der Waals surface area contributed by atoms with Crippen molar-refractivity contribution in [1.82, 2.24) is 10.1 Å². The van der Waals surface area contributed by atoms with Crippen LogP contribution in [0.15, 0.2) is 28.8 Å². The minimum Gasteiger partial charge on any atom is -0.483 e. The molecule has 0 radical (unpaired) electrons. The molecule has 3 rings (SSSR count). The molecule has 0 amide bonds. The number of aryl methyl sites for hydroxylation is 1. The highest BCUT2D eigenvalue weighted by Crippen LogP contribution is 2.36. The first-order valence-corrected chi connectivity index (χ1v) is 7.04. The van der Waals surface area contributed by atoms with Gasteiger partial charge in [0.05, 0.1) is 5.54 Å². The molecule has 1 fully saturated rings. The number of rotatable bonds is 5. The summed E-state index contributed by atoms with van der Waals surface area (Å²) in [6, 6.07) is 7.96. The van der Waals surface area contributed by atoms with Gasteiger partial charge in [-0.05, 0) is 37.3 Å². The lowest BCUT2D eigenvalue weighted by Gasteiger charge is -2.34. The van der Waals surface area contributed by atoms with Crippen LogP contribution in [-0.2, 0) is 18.6 Å². The third-order valence-corrected chi connectivity index (χ3v) is 3.86. The van der Waals surface area contributed by atoms with Crippen molar-refractivity contribution >= 4 is 0 Å². The van der Waals surface area contributed by atoms with Gasteiger partial charge in [0.2, 0.25) is 0 Å². The Bertz CT molecular complexity index is 590. The van der Waals surface area contributed by atoms with Gasteiger partial charge in [-0.3, -0.25) is 0 Å².